The van der Waals surface area contributed by atoms with E-state index in [0.29, 0.717) is 6.54 Å². The first-order chi connectivity index (χ1) is 12.1. The molecule has 0 unspecified atom stereocenters. The molecule has 4 nitrogen and oxygen atoms in total. The SMILES string of the molecule is Cc1cccc(CN2CCN(CC(=O)Nc3ccccc3C)CC2)c1. The highest BCUT2D eigenvalue weighted by molar-refractivity contribution is 5.92. The van der Waals surface area contributed by atoms with Gasteiger partial charge in [0.15, 0.2) is 0 Å². The standard InChI is InChI=1S/C21H27N3O/c1-17-6-5-8-19(14-17)15-23-10-12-24(13-11-23)16-21(25)22-20-9-4-3-7-18(20)2/h3-9,14H,10-13,15-16H2,1-2H3,(H,22,25). The molecule has 132 valence electrons. The minimum atomic E-state index is 0.0708. The summed E-state index contributed by atoms with van der Waals surface area (Å²) in [4.78, 5) is 17.0. The van der Waals surface area contributed by atoms with Crippen LogP contribution in [-0.2, 0) is 11.3 Å². The van der Waals surface area contributed by atoms with E-state index < -0.39 is 0 Å². The Bertz CT molecular complexity index is 721. The molecule has 0 aliphatic carbocycles. The molecule has 4 heteroatoms. The molecule has 1 N–H and O–H groups in total. The molecule has 0 spiro atoms. The Hall–Kier alpha value is -2.17. The third-order valence-electron chi connectivity index (χ3n) is 4.74. The molecule has 0 saturated carbocycles. The van der Waals surface area contributed by atoms with Gasteiger partial charge in [-0.2, -0.15) is 0 Å². The van der Waals surface area contributed by atoms with Crippen LogP contribution in [0.3, 0.4) is 0 Å². The van der Waals surface area contributed by atoms with Gasteiger partial charge in [-0.05, 0) is 31.0 Å². The Morgan fingerprint density at radius 3 is 2.40 bits per heavy atom. The number of carbonyl (C=O) groups is 1. The van der Waals surface area contributed by atoms with Crippen molar-refractivity contribution >= 4 is 11.6 Å². The molecular weight excluding hydrogens is 310 g/mol. The van der Waals surface area contributed by atoms with Gasteiger partial charge in [-0.25, -0.2) is 0 Å². The van der Waals surface area contributed by atoms with Crippen molar-refractivity contribution < 1.29 is 4.79 Å². The van der Waals surface area contributed by atoms with E-state index >= 15 is 0 Å². The van der Waals surface area contributed by atoms with Crippen molar-refractivity contribution in [2.75, 3.05) is 38.0 Å². The summed E-state index contributed by atoms with van der Waals surface area (Å²) in [5.41, 5.74) is 4.68. The highest BCUT2D eigenvalue weighted by atomic mass is 16.2. The molecule has 1 fully saturated rings. The minimum Gasteiger partial charge on any atom is -0.325 e. The Balaban J connectivity index is 1.44. The van der Waals surface area contributed by atoms with Gasteiger partial charge in [0.1, 0.15) is 0 Å². The van der Waals surface area contributed by atoms with Crippen LogP contribution in [0.1, 0.15) is 16.7 Å². The number of para-hydroxylation sites is 1. The maximum absolute atomic E-state index is 12.3. The fraction of sp³-hybridized carbons (Fsp3) is 0.381. The van der Waals surface area contributed by atoms with Crippen LogP contribution in [0.4, 0.5) is 5.69 Å². The Kier molecular flexibility index (Phi) is 5.84. The zero-order valence-corrected chi connectivity index (χ0v) is 15.2. The van der Waals surface area contributed by atoms with Crippen molar-refractivity contribution in [1.82, 2.24) is 9.80 Å². The molecule has 1 saturated heterocycles. The maximum Gasteiger partial charge on any atom is 0.238 e. The van der Waals surface area contributed by atoms with Crippen LogP contribution >= 0.6 is 0 Å². The number of hydrogen-bond donors (Lipinski definition) is 1. The summed E-state index contributed by atoms with van der Waals surface area (Å²) in [5, 5.41) is 3.02. The van der Waals surface area contributed by atoms with E-state index in [-0.39, 0.29) is 5.91 Å². The maximum atomic E-state index is 12.3. The van der Waals surface area contributed by atoms with Gasteiger partial charge in [-0.3, -0.25) is 14.6 Å². The predicted octanol–water partition coefficient (Wildman–Crippen LogP) is 3.06. The number of piperazine rings is 1. The summed E-state index contributed by atoms with van der Waals surface area (Å²) in [6.07, 6.45) is 0. The first kappa shape index (κ1) is 17.6. The van der Waals surface area contributed by atoms with Gasteiger partial charge in [-0.15, -0.1) is 0 Å². The van der Waals surface area contributed by atoms with Crippen molar-refractivity contribution in [2.45, 2.75) is 20.4 Å². The van der Waals surface area contributed by atoms with Crippen LogP contribution in [0, 0.1) is 13.8 Å². The van der Waals surface area contributed by atoms with E-state index in [1.54, 1.807) is 0 Å². The molecule has 1 aliphatic rings. The highest BCUT2D eigenvalue weighted by Gasteiger charge is 2.19. The molecule has 1 amide bonds. The van der Waals surface area contributed by atoms with Crippen LogP contribution in [0.5, 0.6) is 0 Å². The zero-order chi connectivity index (χ0) is 17.6. The van der Waals surface area contributed by atoms with E-state index in [9.17, 15) is 4.79 Å². The first-order valence-electron chi connectivity index (χ1n) is 8.96. The van der Waals surface area contributed by atoms with Gasteiger partial charge in [0.05, 0.1) is 6.54 Å². The van der Waals surface area contributed by atoms with Crippen molar-refractivity contribution in [3.05, 3.63) is 65.2 Å². The van der Waals surface area contributed by atoms with Gasteiger partial charge in [0.2, 0.25) is 5.91 Å². The third kappa shape index (κ3) is 5.15. The van der Waals surface area contributed by atoms with E-state index in [4.69, 9.17) is 0 Å². The van der Waals surface area contributed by atoms with E-state index in [0.717, 1.165) is 44.0 Å². The lowest BCUT2D eigenvalue weighted by atomic mass is 10.1. The third-order valence-corrected chi connectivity index (χ3v) is 4.74. The second-order valence-corrected chi connectivity index (χ2v) is 6.90. The van der Waals surface area contributed by atoms with Crippen LogP contribution in [0.15, 0.2) is 48.5 Å². The summed E-state index contributed by atoms with van der Waals surface area (Å²) in [6.45, 7) is 9.49. The van der Waals surface area contributed by atoms with Crippen molar-refractivity contribution in [3.63, 3.8) is 0 Å². The summed E-state index contributed by atoms with van der Waals surface area (Å²) in [6, 6.07) is 16.6. The summed E-state index contributed by atoms with van der Waals surface area (Å²) in [7, 11) is 0. The molecule has 3 rings (SSSR count). The zero-order valence-electron chi connectivity index (χ0n) is 15.2. The van der Waals surface area contributed by atoms with E-state index in [1.165, 1.54) is 11.1 Å². The summed E-state index contributed by atoms with van der Waals surface area (Å²) >= 11 is 0. The number of nitrogens with zero attached hydrogens (tertiary/aromatic N) is 2. The Morgan fingerprint density at radius 2 is 1.68 bits per heavy atom. The van der Waals surface area contributed by atoms with E-state index in [1.807, 2.05) is 31.2 Å². The van der Waals surface area contributed by atoms with Gasteiger partial charge < -0.3 is 5.32 Å². The number of anilines is 1. The normalized spacial score (nSPS) is 15.9. The Morgan fingerprint density at radius 1 is 0.960 bits per heavy atom. The number of hydrogen-bond acceptors (Lipinski definition) is 3. The van der Waals surface area contributed by atoms with Crippen LogP contribution in [0.2, 0.25) is 0 Å². The highest BCUT2D eigenvalue weighted by Crippen LogP contribution is 2.14. The summed E-state index contributed by atoms with van der Waals surface area (Å²) in [5.74, 6) is 0.0708. The largest absolute Gasteiger partial charge is 0.325 e. The lowest BCUT2D eigenvalue weighted by Gasteiger charge is -2.34. The van der Waals surface area contributed by atoms with Gasteiger partial charge >= 0.3 is 0 Å². The lowest BCUT2D eigenvalue weighted by Crippen LogP contribution is -2.48. The van der Waals surface area contributed by atoms with Crippen molar-refractivity contribution in [2.24, 2.45) is 0 Å². The number of rotatable bonds is 5. The lowest BCUT2D eigenvalue weighted by molar-refractivity contribution is -0.117. The fourth-order valence-corrected chi connectivity index (χ4v) is 3.28. The van der Waals surface area contributed by atoms with Gasteiger partial charge in [0.25, 0.3) is 0 Å². The number of benzene rings is 2. The monoisotopic (exact) mass is 337 g/mol. The van der Waals surface area contributed by atoms with Gasteiger partial charge in [0, 0.05) is 38.4 Å². The quantitative estimate of drug-likeness (QED) is 0.911. The summed E-state index contributed by atoms with van der Waals surface area (Å²) < 4.78 is 0. The molecule has 1 aliphatic heterocycles. The molecule has 0 radical (unpaired) electrons. The second-order valence-electron chi connectivity index (χ2n) is 6.90. The fourth-order valence-electron chi connectivity index (χ4n) is 3.28. The molecule has 2 aromatic rings. The van der Waals surface area contributed by atoms with Crippen LogP contribution < -0.4 is 5.32 Å². The van der Waals surface area contributed by atoms with Crippen LogP contribution in [0.25, 0.3) is 0 Å². The smallest absolute Gasteiger partial charge is 0.238 e. The van der Waals surface area contributed by atoms with Crippen LogP contribution in [-0.4, -0.2) is 48.4 Å². The second kappa shape index (κ2) is 8.28. The van der Waals surface area contributed by atoms with Crippen molar-refractivity contribution in [1.29, 1.82) is 0 Å². The predicted molar refractivity (Wildman–Crippen MR) is 103 cm³/mol. The first-order valence-corrected chi connectivity index (χ1v) is 8.96. The number of nitrogens with one attached hydrogen (secondary N) is 1. The number of aryl methyl sites for hydroxylation is 2. The molecule has 0 atom stereocenters. The van der Waals surface area contributed by atoms with Crippen molar-refractivity contribution in [3.8, 4) is 0 Å². The molecule has 2 aromatic carbocycles. The Labute approximate surface area is 150 Å². The number of carbonyl (C=O) groups excluding carboxylic acids is 1. The molecule has 1 heterocycles. The van der Waals surface area contributed by atoms with Gasteiger partial charge in [-0.1, -0.05) is 48.0 Å². The average molecular weight is 337 g/mol. The number of amides is 1. The molecule has 25 heavy (non-hydrogen) atoms. The average Bonchev–Trinajstić information content (AvgIpc) is 2.59. The minimum absolute atomic E-state index is 0.0708. The molecular formula is C21H27N3O. The molecule has 0 bridgehead atoms. The van der Waals surface area contributed by atoms with E-state index in [2.05, 4.69) is 46.3 Å². The topological polar surface area (TPSA) is 35.6 Å². The molecule has 0 aromatic heterocycles.